The number of nitrogens with zero attached hydrogens (tertiary/aromatic N) is 4. The van der Waals surface area contributed by atoms with Crippen molar-refractivity contribution in [2.75, 3.05) is 11.1 Å². The Bertz CT molecular complexity index is 924. The van der Waals surface area contributed by atoms with Gasteiger partial charge in [0.05, 0.1) is 5.75 Å². The molecular weight excluding hydrogens is 352 g/mol. The highest BCUT2D eigenvalue weighted by Crippen LogP contribution is 2.21. The Morgan fingerprint density at radius 3 is 2.58 bits per heavy atom. The standard InChI is InChI=1S/C17H16N6O2S/c1-23-16(13-4-2-3-9-19-13)21-22-17(23)26-10-14(24)20-12-7-5-11(6-8-12)15(18)25/h2-9H,10H2,1H3,(H2,18,25)(H,20,24). The average Bonchev–Trinajstić information content (AvgIpc) is 3.02. The van der Waals surface area contributed by atoms with Gasteiger partial charge in [-0.15, -0.1) is 10.2 Å². The molecule has 0 aliphatic rings. The molecule has 1 aromatic carbocycles. The number of benzene rings is 1. The van der Waals surface area contributed by atoms with Crippen molar-refractivity contribution < 1.29 is 9.59 Å². The fourth-order valence-corrected chi connectivity index (χ4v) is 2.91. The minimum atomic E-state index is -0.510. The van der Waals surface area contributed by atoms with Gasteiger partial charge in [-0.1, -0.05) is 17.8 Å². The number of carbonyl (C=O) groups excluding carboxylic acids is 2. The van der Waals surface area contributed by atoms with Crippen molar-refractivity contribution in [2.24, 2.45) is 12.8 Å². The molecule has 0 aliphatic heterocycles. The van der Waals surface area contributed by atoms with Gasteiger partial charge in [0, 0.05) is 24.5 Å². The zero-order valence-corrected chi connectivity index (χ0v) is 14.7. The van der Waals surface area contributed by atoms with Crippen LogP contribution in [0.4, 0.5) is 5.69 Å². The summed E-state index contributed by atoms with van der Waals surface area (Å²) in [5.74, 6) is 0.107. The molecule has 0 bridgehead atoms. The predicted molar refractivity (Wildman–Crippen MR) is 98.5 cm³/mol. The van der Waals surface area contributed by atoms with Gasteiger partial charge < -0.3 is 15.6 Å². The van der Waals surface area contributed by atoms with Gasteiger partial charge in [0.15, 0.2) is 11.0 Å². The first-order valence-electron chi connectivity index (χ1n) is 7.68. The summed E-state index contributed by atoms with van der Waals surface area (Å²) in [6, 6.07) is 11.9. The molecule has 2 aromatic heterocycles. The quantitative estimate of drug-likeness (QED) is 0.640. The Balaban J connectivity index is 1.60. The zero-order chi connectivity index (χ0) is 18.5. The lowest BCUT2D eigenvalue weighted by Crippen LogP contribution is -2.15. The molecule has 0 atom stereocenters. The van der Waals surface area contributed by atoms with Gasteiger partial charge in [-0.3, -0.25) is 14.6 Å². The van der Waals surface area contributed by atoms with Crippen LogP contribution in [-0.2, 0) is 11.8 Å². The zero-order valence-electron chi connectivity index (χ0n) is 13.9. The maximum atomic E-state index is 12.1. The average molecular weight is 368 g/mol. The van der Waals surface area contributed by atoms with Crippen molar-refractivity contribution in [3.8, 4) is 11.5 Å². The fourth-order valence-electron chi connectivity index (χ4n) is 2.20. The predicted octanol–water partition coefficient (Wildman–Crippen LogP) is 1.71. The summed E-state index contributed by atoms with van der Waals surface area (Å²) in [5, 5.41) is 11.6. The number of primary amides is 1. The Hall–Kier alpha value is -3.20. The number of nitrogens with two attached hydrogens (primary N) is 1. The van der Waals surface area contributed by atoms with E-state index in [4.69, 9.17) is 5.73 Å². The van der Waals surface area contributed by atoms with Crippen LogP contribution in [0.3, 0.4) is 0 Å². The normalized spacial score (nSPS) is 10.5. The van der Waals surface area contributed by atoms with Gasteiger partial charge in [-0.2, -0.15) is 0 Å². The van der Waals surface area contributed by atoms with E-state index in [0.717, 1.165) is 0 Å². The lowest BCUT2D eigenvalue weighted by Gasteiger charge is -2.06. The van der Waals surface area contributed by atoms with E-state index in [9.17, 15) is 9.59 Å². The van der Waals surface area contributed by atoms with E-state index in [1.807, 2.05) is 25.2 Å². The Morgan fingerprint density at radius 1 is 1.15 bits per heavy atom. The number of anilines is 1. The molecular formula is C17H16N6O2S. The van der Waals surface area contributed by atoms with E-state index in [0.29, 0.717) is 27.9 Å². The summed E-state index contributed by atoms with van der Waals surface area (Å²) in [6.07, 6.45) is 1.69. The minimum Gasteiger partial charge on any atom is -0.366 e. The lowest BCUT2D eigenvalue weighted by atomic mass is 10.2. The molecule has 3 N–H and O–H groups in total. The number of carbonyl (C=O) groups is 2. The van der Waals surface area contributed by atoms with Gasteiger partial charge >= 0.3 is 0 Å². The number of thioether (sulfide) groups is 1. The molecule has 0 aliphatic carbocycles. The van der Waals surface area contributed by atoms with Crippen molar-refractivity contribution in [1.29, 1.82) is 0 Å². The summed E-state index contributed by atoms with van der Waals surface area (Å²) in [7, 11) is 1.83. The summed E-state index contributed by atoms with van der Waals surface area (Å²) >= 11 is 1.27. The van der Waals surface area contributed by atoms with Crippen LogP contribution in [0, 0.1) is 0 Å². The van der Waals surface area contributed by atoms with Crippen LogP contribution >= 0.6 is 11.8 Å². The number of pyridine rings is 1. The third kappa shape index (κ3) is 4.06. The van der Waals surface area contributed by atoms with Crippen molar-refractivity contribution in [3.63, 3.8) is 0 Å². The number of rotatable bonds is 6. The molecule has 0 saturated heterocycles. The molecule has 0 fully saturated rings. The number of nitrogens with one attached hydrogen (secondary N) is 1. The van der Waals surface area contributed by atoms with Gasteiger partial charge in [-0.05, 0) is 36.4 Å². The molecule has 2 amide bonds. The maximum Gasteiger partial charge on any atom is 0.248 e. The second-order valence-electron chi connectivity index (χ2n) is 5.36. The Kier molecular flexibility index (Phi) is 5.28. The van der Waals surface area contributed by atoms with Crippen LogP contribution in [0.1, 0.15) is 10.4 Å². The van der Waals surface area contributed by atoms with E-state index in [-0.39, 0.29) is 11.7 Å². The van der Waals surface area contributed by atoms with E-state index < -0.39 is 5.91 Å². The molecule has 0 saturated carbocycles. The first-order valence-corrected chi connectivity index (χ1v) is 8.66. The van der Waals surface area contributed by atoms with Crippen LogP contribution in [0.5, 0.6) is 0 Å². The first kappa shape index (κ1) is 17.6. The van der Waals surface area contributed by atoms with E-state index in [1.165, 1.54) is 11.8 Å². The third-order valence-electron chi connectivity index (χ3n) is 3.51. The molecule has 0 radical (unpaired) electrons. The molecule has 2 heterocycles. The lowest BCUT2D eigenvalue weighted by molar-refractivity contribution is -0.113. The van der Waals surface area contributed by atoms with Crippen LogP contribution in [-0.4, -0.2) is 37.3 Å². The summed E-state index contributed by atoms with van der Waals surface area (Å²) in [4.78, 5) is 27.4. The molecule has 0 spiro atoms. The van der Waals surface area contributed by atoms with Gasteiger partial charge in [0.2, 0.25) is 11.8 Å². The second kappa shape index (κ2) is 7.79. The van der Waals surface area contributed by atoms with Gasteiger partial charge in [0.25, 0.3) is 0 Å². The van der Waals surface area contributed by atoms with E-state index >= 15 is 0 Å². The van der Waals surface area contributed by atoms with Crippen LogP contribution in [0.15, 0.2) is 53.8 Å². The summed E-state index contributed by atoms with van der Waals surface area (Å²) in [6.45, 7) is 0. The highest BCUT2D eigenvalue weighted by molar-refractivity contribution is 7.99. The van der Waals surface area contributed by atoms with Crippen molar-refractivity contribution in [3.05, 3.63) is 54.2 Å². The SMILES string of the molecule is Cn1c(SCC(=O)Nc2ccc(C(N)=O)cc2)nnc1-c1ccccn1. The van der Waals surface area contributed by atoms with Crippen LogP contribution in [0.25, 0.3) is 11.5 Å². The van der Waals surface area contributed by atoms with Crippen molar-refractivity contribution in [2.45, 2.75) is 5.16 Å². The number of hydrogen-bond donors (Lipinski definition) is 2. The second-order valence-corrected chi connectivity index (χ2v) is 6.30. The molecule has 3 rings (SSSR count). The molecule has 132 valence electrons. The van der Waals surface area contributed by atoms with Gasteiger partial charge in [-0.25, -0.2) is 0 Å². The van der Waals surface area contributed by atoms with Crippen LogP contribution < -0.4 is 11.1 Å². The number of aromatic nitrogens is 4. The Morgan fingerprint density at radius 2 is 1.92 bits per heavy atom. The molecule has 3 aromatic rings. The largest absolute Gasteiger partial charge is 0.366 e. The van der Waals surface area contributed by atoms with Crippen LogP contribution in [0.2, 0.25) is 0 Å². The minimum absolute atomic E-state index is 0.172. The maximum absolute atomic E-state index is 12.1. The smallest absolute Gasteiger partial charge is 0.248 e. The summed E-state index contributed by atoms with van der Waals surface area (Å²) in [5.41, 5.74) is 6.88. The topological polar surface area (TPSA) is 116 Å². The number of amides is 2. The Labute approximate surface area is 153 Å². The van der Waals surface area contributed by atoms with Gasteiger partial charge in [0.1, 0.15) is 5.69 Å². The number of hydrogen-bond acceptors (Lipinski definition) is 6. The third-order valence-corrected chi connectivity index (χ3v) is 4.53. The van der Waals surface area contributed by atoms with E-state index in [2.05, 4.69) is 20.5 Å². The highest BCUT2D eigenvalue weighted by Gasteiger charge is 2.13. The summed E-state index contributed by atoms with van der Waals surface area (Å²) < 4.78 is 1.79. The molecule has 8 nitrogen and oxygen atoms in total. The molecule has 26 heavy (non-hydrogen) atoms. The molecule has 9 heteroatoms. The van der Waals surface area contributed by atoms with E-state index in [1.54, 1.807) is 35.0 Å². The molecule has 0 unspecified atom stereocenters. The van der Waals surface area contributed by atoms with Crippen molar-refractivity contribution in [1.82, 2.24) is 19.7 Å². The van der Waals surface area contributed by atoms with Crippen molar-refractivity contribution >= 4 is 29.3 Å². The fraction of sp³-hybridized carbons (Fsp3) is 0.118. The monoisotopic (exact) mass is 368 g/mol. The first-order chi connectivity index (χ1) is 12.5. The highest BCUT2D eigenvalue weighted by atomic mass is 32.2.